The van der Waals surface area contributed by atoms with Gasteiger partial charge in [-0.25, -0.2) is 0 Å². The molecule has 0 saturated carbocycles. The van der Waals surface area contributed by atoms with Crippen LogP contribution in [0.5, 0.6) is 0 Å². The second-order valence-corrected chi connectivity index (χ2v) is 17.5. The zero-order valence-electron chi connectivity index (χ0n) is 38.6. The molecule has 0 aromatic carbocycles. The van der Waals surface area contributed by atoms with Gasteiger partial charge in [0, 0.05) is 19.3 Å². The van der Waals surface area contributed by atoms with Crippen molar-refractivity contribution in [1.82, 2.24) is 0 Å². The summed E-state index contributed by atoms with van der Waals surface area (Å²) in [6.07, 6.45) is 49.8. The molecule has 0 heterocycles. The maximum absolute atomic E-state index is 12.7. The largest absolute Gasteiger partial charge is 0.462 e. The molecule has 1 atom stereocenters. The predicted octanol–water partition coefficient (Wildman–Crippen LogP) is 16.4. The van der Waals surface area contributed by atoms with E-state index in [-0.39, 0.29) is 31.1 Å². The van der Waals surface area contributed by atoms with Crippen LogP contribution in [0.4, 0.5) is 0 Å². The van der Waals surface area contributed by atoms with Gasteiger partial charge in [0.1, 0.15) is 13.2 Å². The molecule has 57 heavy (non-hydrogen) atoms. The Hall–Kier alpha value is -1.59. The maximum atomic E-state index is 12.7. The van der Waals surface area contributed by atoms with Gasteiger partial charge >= 0.3 is 17.9 Å². The van der Waals surface area contributed by atoms with Gasteiger partial charge < -0.3 is 14.2 Å². The summed E-state index contributed by atoms with van der Waals surface area (Å²) in [6.45, 7) is 6.60. The Morgan fingerprint density at radius 1 is 0.281 bits per heavy atom. The maximum Gasteiger partial charge on any atom is 0.306 e. The molecule has 0 spiro atoms. The standard InChI is InChI=1S/C51H98O6/c1-4-7-10-13-15-17-19-21-23-24-25-26-28-29-31-33-35-38-41-44-50(53)56-47-48(46-55-49(52)43-40-37-12-9-6-3)57-51(54)45-42-39-36-34-32-30-27-22-20-18-16-14-11-8-5-2/h48H,4-47H2,1-3H3/t48-/m1/s1. The van der Waals surface area contributed by atoms with Gasteiger partial charge in [-0.15, -0.1) is 0 Å². The smallest absolute Gasteiger partial charge is 0.306 e. The number of ether oxygens (including phenoxy) is 3. The lowest BCUT2D eigenvalue weighted by molar-refractivity contribution is -0.167. The Balaban J connectivity index is 4.09. The van der Waals surface area contributed by atoms with Crippen LogP contribution in [0.15, 0.2) is 0 Å². The van der Waals surface area contributed by atoms with Crippen molar-refractivity contribution in [2.45, 2.75) is 297 Å². The van der Waals surface area contributed by atoms with Gasteiger partial charge in [-0.2, -0.15) is 0 Å². The molecular weight excluding hydrogens is 709 g/mol. The van der Waals surface area contributed by atoms with Gasteiger partial charge in [0.05, 0.1) is 0 Å². The summed E-state index contributed by atoms with van der Waals surface area (Å²) >= 11 is 0. The third-order valence-electron chi connectivity index (χ3n) is 11.6. The highest BCUT2D eigenvalue weighted by Crippen LogP contribution is 2.17. The van der Waals surface area contributed by atoms with E-state index in [0.29, 0.717) is 19.3 Å². The molecule has 0 fully saturated rings. The van der Waals surface area contributed by atoms with Crippen LogP contribution >= 0.6 is 0 Å². The number of rotatable bonds is 47. The first-order chi connectivity index (χ1) is 28.0. The van der Waals surface area contributed by atoms with Crippen LogP contribution < -0.4 is 0 Å². The number of hydrogen-bond donors (Lipinski definition) is 0. The monoisotopic (exact) mass is 807 g/mol. The highest BCUT2D eigenvalue weighted by molar-refractivity contribution is 5.71. The summed E-state index contributed by atoms with van der Waals surface area (Å²) in [5, 5.41) is 0. The van der Waals surface area contributed by atoms with E-state index in [2.05, 4.69) is 20.8 Å². The van der Waals surface area contributed by atoms with Crippen LogP contribution in [0, 0.1) is 0 Å². The van der Waals surface area contributed by atoms with Crippen LogP contribution in [0.25, 0.3) is 0 Å². The first-order valence-corrected chi connectivity index (χ1v) is 25.5. The molecule has 0 aromatic rings. The van der Waals surface area contributed by atoms with E-state index in [4.69, 9.17) is 14.2 Å². The normalized spacial score (nSPS) is 11.8. The number of carbonyl (C=O) groups is 3. The third kappa shape index (κ3) is 45.3. The van der Waals surface area contributed by atoms with Crippen molar-refractivity contribution in [3.05, 3.63) is 0 Å². The Kier molecular flexibility index (Phi) is 45.8. The van der Waals surface area contributed by atoms with E-state index in [9.17, 15) is 14.4 Å². The molecule has 0 aromatic heterocycles. The minimum absolute atomic E-state index is 0.0632. The number of carbonyl (C=O) groups excluding carboxylic acids is 3. The molecule has 0 aliphatic rings. The average Bonchev–Trinajstić information content (AvgIpc) is 3.21. The third-order valence-corrected chi connectivity index (χ3v) is 11.6. The molecule has 0 saturated heterocycles. The molecule has 0 aliphatic heterocycles. The van der Waals surface area contributed by atoms with Crippen LogP contribution in [-0.2, 0) is 28.6 Å². The van der Waals surface area contributed by atoms with Crippen molar-refractivity contribution < 1.29 is 28.6 Å². The van der Waals surface area contributed by atoms with E-state index < -0.39 is 6.10 Å². The molecule has 0 N–H and O–H groups in total. The summed E-state index contributed by atoms with van der Waals surface area (Å²) in [5.74, 6) is -0.858. The number of unbranched alkanes of at least 4 members (excludes halogenated alkanes) is 36. The minimum Gasteiger partial charge on any atom is -0.462 e. The minimum atomic E-state index is -0.757. The summed E-state index contributed by atoms with van der Waals surface area (Å²) in [7, 11) is 0. The second-order valence-electron chi connectivity index (χ2n) is 17.5. The fourth-order valence-electron chi connectivity index (χ4n) is 7.74. The summed E-state index contributed by atoms with van der Waals surface area (Å²) < 4.78 is 16.7. The SMILES string of the molecule is CCCCCCCCCCCCCCCCCCCCCC(=O)OC[C@@H](COC(=O)CCCCCCC)OC(=O)CCCCCCCCCCCCCCCCC. The predicted molar refractivity (Wildman–Crippen MR) is 243 cm³/mol. The molecule has 0 rings (SSSR count). The molecule has 6 heteroatoms. The lowest BCUT2D eigenvalue weighted by atomic mass is 10.0. The molecule has 0 aliphatic carbocycles. The van der Waals surface area contributed by atoms with E-state index in [1.165, 1.54) is 186 Å². The highest BCUT2D eigenvalue weighted by Gasteiger charge is 2.19. The summed E-state index contributed by atoms with van der Waals surface area (Å²) in [5.41, 5.74) is 0. The Morgan fingerprint density at radius 2 is 0.474 bits per heavy atom. The number of esters is 3. The average molecular weight is 807 g/mol. The summed E-state index contributed by atoms with van der Waals surface area (Å²) in [6, 6.07) is 0. The first kappa shape index (κ1) is 55.4. The van der Waals surface area contributed by atoms with Crippen molar-refractivity contribution in [3.8, 4) is 0 Å². The zero-order valence-corrected chi connectivity index (χ0v) is 38.6. The molecular formula is C51H98O6. The molecule has 338 valence electrons. The van der Waals surface area contributed by atoms with Crippen molar-refractivity contribution in [1.29, 1.82) is 0 Å². The van der Waals surface area contributed by atoms with Crippen molar-refractivity contribution in [2.75, 3.05) is 13.2 Å². The van der Waals surface area contributed by atoms with E-state index >= 15 is 0 Å². The second kappa shape index (κ2) is 47.1. The van der Waals surface area contributed by atoms with Gasteiger partial charge in [-0.1, -0.05) is 252 Å². The van der Waals surface area contributed by atoms with Gasteiger partial charge in [0.25, 0.3) is 0 Å². The zero-order chi connectivity index (χ0) is 41.5. The first-order valence-electron chi connectivity index (χ1n) is 25.5. The van der Waals surface area contributed by atoms with Crippen molar-refractivity contribution >= 4 is 17.9 Å². The topological polar surface area (TPSA) is 78.9 Å². The van der Waals surface area contributed by atoms with Crippen LogP contribution in [-0.4, -0.2) is 37.2 Å². The molecule has 0 amide bonds. The van der Waals surface area contributed by atoms with Crippen molar-refractivity contribution in [2.24, 2.45) is 0 Å². The van der Waals surface area contributed by atoms with E-state index in [1.54, 1.807) is 0 Å². The lowest BCUT2D eigenvalue weighted by Crippen LogP contribution is -2.30. The fraction of sp³-hybridized carbons (Fsp3) is 0.941. The van der Waals surface area contributed by atoms with E-state index in [0.717, 1.165) is 64.2 Å². The fourth-order valence-corrected chi connectivity index (χ4v) is 7.74. The van der Waals surface area contributed by atoms with Gasteiger partial charge in [0.2, 0.25) is 0 Å². The Bertz CT molecular complexity index is 844. The number of hydrogen-bond acceptors (Lipinski definition) is 6. The van der Waals surface area contributed by atoms with Crippen LogP contribution in [0.2, 0.25) is 0 Å². The quantitative estimate of drug-likeness (QED) is 0.0346. The molecule has 6 nitrogen and oxygen atoms in total. The Morgan fingerprint density at radius 3 is 0.702 bits per heavy atom. The summed E-state index contributed by atoms with van der Waals surface area (Å²) in [4.78, 5) is 37.6. The molecule has 0 radical (unpaired) electrons. The van der Waals surface area contributed by atoms with Crippen LogP contribution in [0.3, 0.4) is 0 Å². The lowest BCUT2D eigenvalue weighted by Gasteiger charge is -2.18. The van der Waals surface area contributed by atoms with Gasteiger partial charge in [0.15, 0.2) is 6.10 Å². The van der Waals surface area contributed by atoms with Gasteiger partial charge in [-0.05, 0) is 19.3 Å². The van der Waals surface area contributed by atoms with Gasteiger partial charge in [-0.3, -0.25) is 14.4 Å². The Labute approximate surface area is 355 Å². The van der Waals surface area contributed by atoms with Crippen LogP contribution in [0.1, 0.15) is 290 Å². The molecule has 0 bridgehead atoms. The molecule has 0 unspecified atom stereocenters. The van der Waals surface area contributed by atoms with E-state index in [1.807, 2.05) is 0 Å². The van der Waals surface area contributed by atoms with Crippen molar-refractivity contribution in [3.63, 3.8) is 0 Å². The highest BCUT2D eigenvalue weighted by atomic mass is 16.6.